The standard InChI is InChI=1S/C12H17ClN2O/c1-9-11(13)3-2-4-12(9)15-8-10-7-14-5-6-16-10/h2-4,10,14-15H,5-8H2,1H3. The summed E-state index contributed by atoms with van der Waals surface area (Å²) in [5, 5.41) is 7.48. The average molecular weight is 241 g/mol. The normalized spacial score (nSPS) is 20.8. The van der Waals surface area contributed by atoms with E-state index in [0.29, 0.717) is 0 Å². The van der Waals surface area contributed by atoms with Crippen LogP contribution in [0.1, 0.15) is 5.56 Å². The van der Waals surface area contributed by atoms with E-state index in [0.717, 1.165) is 42.5 Å². The molecule has 1 heterocycles. The van der Waals surface area contributed by atoms with Crippen molar-refractivity contribution in [2.45, 2.75) is 13.0 Å². The first-order valence-corrected chi connectivity index (χ1v) is 5.96. The van der Waals surface area contributed by atoms with Crippen LogP contribution in [0.15, 0.2) is 18.2 Å². The summed E-state index contributed by atoms with van der Waals surface area (Å²) in [6.45, 7) is 5.49. The SMILES string of the molecule is Cc1c(Cl)cccc1NCC1CNCCO1. The molecule has 0 bridgehead atoms. The second-order valence-electron chi connectivity index (χ2n) is 3.99. The van der Waals surface area contributed by atoms with Crippen LogP contribution in [0.5, 0.6) is 0 Å². The molecular formula is C12H17ClN2O. The summed E-state index contributed by atoms with van der Waals surface area (Å²) in [6, 6.07) is 5.90. The predicted octanol–water partition coefficient (Wildman–Crippen LogP) is 2.05. The maximum absolute atomic E-state index is 6.05. The van der Waals surface area contributed by atoms with Gasteiger partial charge < -0.3 is 15.4 Å². The van der Waals surface area contributed by atoms with E-state index in [2.05, 4.69) is 10.6 Å². The molecule has 1 fully saturated rings. The first-order valence-electron chi connectivity index (χ1n) is 5.58. The minimum absolute atomic E-state index is 0.243. The minimum Gasteiger partial charge on any atom is -0.382 e. The molecule has 0 radical (unpaired) electrons. The zero-order chi connectivity index (χ0) is 11.4. The van der Waals surface area contributed by atoms with Crippen LogP contribution in [-0.2, 0) is 4.74 Å². The molecule has 1 unspecified atom stereocenters. The van der Waals surface area contributed by atoms with Gasteiger partial charge in [-0.05, 0) is 24.6 Å². The highest BCUT2D eigenvalue weighted by atomic mass is 35.5. The van der Waals surface area contributed by atoms with Crippen LogP contribution < -0.4 is 10.6 Å². The van der Waals surface area contributed by atoms with Crippen LogP contribution >= 0.6 is 11.6 Å². The fraction of sp³-hybridized carbons (Fsp3) is 0.500. The molecule has 0 aromatic heterocycles. The molecule has 0 saturated carbocycles. The zero-order valence-electron chi connectivity index (χ0n) is 9.42. The van der Waals surface area contributed by atoms with Gasteiger partial charge in [0.2, 0.25) is 0 Å². The molecule has 0 spiro atoms. The Morgan fingerprint density at radius 2 is 2.44 bits per heavy atom. The Hall–Kier alpha value is -0.770. The van der Waals surface area contributed by atoms with Crippen molar-refractivity contribution in [3.05, 3.63) is 28.8 Å². The van der Waals surface area contributed by atoms with Gasteiger partial charge in [0.15, 0.2) is 0 Å². The maximum atomic E-state index is 6.05. The van der Waals surface area contributed by atoms with E-state index in [4.69, 9.17) is 16.3 Å². The van der Waals surface area contributed by atoms with Crippen LogP contribution in [0, 0.1) is 6.92 Å². The Morgan fingerprint density at radius 1 is 1.56 bits per heavy atom. The van der Waals surface area contributed by atoms with Crippen molar-refractivity contribution < 1.29 is 4.74 Å². The molecule has 1 aliphatic heterocycles. The Labute approximate surface area is 101 Å². The monoisotopic (exact) mass is 240 g/mol. The third-order valence-electron chi connectivity index (χ3n) is 2.79. The number of ether oxygens (including phenoxy) is 1. The van der Waals surface area contributed by atoms with Gasteiger partial charge in [-0.25, -0.2) is 0 Å². The second-order valence-corrected chi connectivity index (χ2v) is 4.40. The quantitative estimate of drug-likeness (QED) is 0.849. The van der Waals surface area contributed by atoms with Crippen molar-refractivity contribution in [3.63, 3.8) is 0 Å². The molecule has 2 rings (SSSR count). The summed E-state index contributed by atoms with van der Waals surface area (Å²) in [5.74, 6) is 0. The number of morpholine rings is 1. The highest BCUT2D eigenvalue weighted by molar-refractivity contribution is 6.31. The van der Waals surface area contributed by atoms with Gasteiger partial charge in [0, 0.05) is 30.3 Å². The molecule has 4 heteroatoms. The van der Waals surface area contributed by atoms with Crippen LogP contribution in [0.4, 0.5) is 5.69 Å². The Morgan fingerprint density at radius 3 is 3.19 bits per heavy atom. The van der Waals surface area contributed by atoms with Gasteiger partial charge in [0.05, 0.1) is 12.7 Å². The number of benzene rings is 1. The summed E-state index contributed by atoms with van der Waals surface area (Å²) in [7, 11) is 0. The molecule has 2 N–H and O–H groups in total. The third-order valence-corrected chi connectivity index (χ3v) is 3.20. The fourth-order valence-electron chi connectivity index (χ4n) is 1.77. The Bertz CT molecular complexity index is 351. The van der Waals surface area contributed by atoms with E-state index in [-0.39, 0.29) is 6.10 Å². The minimum atomic E-state index is 0.243. The lowest BCUT2D eigenvalue weighted by atomic mass is 10.2. The molecule has 0 aliphatic carbocycles. The molecule has 1 aromatic carbocycles. The highest BCUT2D eigenvalue weighted by Gasteiger charge is 2.13. The van der Waals surface area contributed by atoms with E-state index in [1.54, 1.807) is 0 Å². The first-order chi connectivity index (χ1) is 7.77. The summed E-state index contributed by atoms with van der Waals surface area (Å²) in [6.07, 6.45) is 0.243. The Balaban J connectivity index is 1.91. The third kappa shape index (κ3) is 2.88. The smallest absolute Gasteiger partial charge is 0.0872 e. The van der Waals surface area contributed by atoms with Gasteiger partial charge in [0.1, 0.15) is 0 Å². The molecule has 16 heavy (non-hydrogen) atoms. The fourth-order valence-corrected chi connectivity index (χ4v) is 1.95. The molecule has 3 nitrogen and oxygen atoms in total. The van der Waals surface area contributed by atoms with Gasteiger partial charge >= 0.3 is 0 Å². The molecular weight excluding hydrogens is 224 g/mol. The van der Waals surface area contributed by atoms with E-state index in [1.807, 2.05) is 25.1 Å². The molecule has 1 saturated heterocycles. The van der Waals surface area contributed by atoms with Gasteiger partial charge in [-0.15, -0.1) is 0 Å². The number of rotatable bonds is 3. The number of halogens is 1. The van der Waals surface area contributed by atoms with Gasteiger partial charge in [-0.2, -0.15) is 0 Å². The topological polar surface area (TPSA) is 33.3 Å². The lowest BCUT2D eigenvalue weighted by molar-refractivity contribution is 0.0372. The number of nitrogens with one attached hydrogen (secondary N) is 2. The molecule has 0 amide bonds. The van der Waals surface area contributed by atoms with Crippen LogP contribution in [0.3, 0.4) is 0 Å². The lowest BCUT2D eigenvalue weighted by Gasteiger charge is -2.24. The summed E-state index contributed by atoms with van der Waals surface area (Å²) < 4.78 is 5.61. The van der Waals surface area contributed by atoms with E-state index >= 15 is 0 Å². The molecule has 1 aliphatic rings. The van der Waals surface area contributed by atoms with Crippen molar-refractivity contribution >= 4 is 17.3 Å². The number of anilines is 1. The van der Waals surface area contributed by atoms with E-state index < -0.39 is 0 Å². The highest BCUT2D eigenvalue weighted by Crippen LogP contribution is 2.22. The first kappa shape index (κ1) is 11.7. The summed E-state index contributed by atoms with van der Waals surface area (Å²) in [5.41, 5.74) is 2.18. The number of hydrogen-bond acceptors (Lipinski definition) is 3. The van der Waals surface area contributed by atoms with Gasteiger partial charge in [0.25, 0.3) is 0 Å². The van der Waals surface area contributed by atoms with Crippen LogP contribution in [0.2, 0.25) is 5.02 Å². The van der Waals surface area contributed by atoms with E-state index in [1.165, 1.54) is 0 Å². The predicted molar refractivity (Wildman–Crippen MR) is 67.3 cm³/mol. The van der Waals surface area contributed by atoms with Crippen molar-refractivity contribution in [2.24, 2.45) is 0 Å². The summed E-state index contributed by atoms with van der Waals surface area (Å²) in [4.78, 5) is 0. The maximum Gasteiger partial charge on any atom is 0.0872 e. The zero-order valence-corrected chi connectivity index (χ0v) is 10.2. The lowest BCUT2D eigenvalue weighted by Crippen LogP contribution is -2.42. The van der Waals surface area contributed by atoms with Gasteiger partial charge in [-0.3, -0.25) is 0 Å². The Kier molecular flexibility index (Phi) is 4.04. The van der Waals surface area contributed by atoms with Crippen molar-refractivity contribution in [2.75, 3.05) is 31.6 Å². The average Bonchev–Trinajstić information content (AvgIpc) is 2.32. The van der Waals surface area contributed by atoms with Gasteiger partial charge in [-0.1, -0.05) is 17.7 Å². The molecule has 88 valence electrons. The molecule has 1 aromatic rings. The van der Waals surface area contributed by atoms with Crippen LogP contribution in [0.25, 0.3) is 0 Å². The van der Waals surface area contributed by atoms with Crippen LogP contribution in [-0.4, -0.2) is 32.3 Å². The second kappa shape index (κ2) is 5.53. The van der Waals surface area contributed by atoms with E-state index in [9.17, 15) is 0 Å². The van der Waals surface area contributed by atoms with Crippen molar-refractivity contribution in [1.29, 1.82) is 0 Å². The largest absolute Gasteiger partial charge is 0.382 e. The molecule has 1 atom stereocenters. The number of hydrogen-bond donors (Lipinski definition) is 2. The summed E-state index contributed by atoms with van der Waals surface area (Å²) >= 11 is 6.05. The van der Waals surface area contributed by atoms with Crippen molar-refractivity contribution in [1.82, 2.24) is 5.32 Å². The van der Waals surface area contributed by atoms with Crippen molar-refractivity contribution in [3.8, 4) is 0 Å².